The molecule has 0 heterocycles. The third kappa shape index (κ3) is 8.59. The Labute approximate surface area is 124 Å². The second kappa shape index (κ2) is 11.7. The number of nitrogens with zero attached hydrogens (tertiary/aromatic N) is 1. The van der Waals surface area contributed by atoms with Gasteiger partial charge in [-0.3, -0.25) is 9.18 Å². The number of hydrogen-bond acceptors (Lipinski definition) is 4. The van der Waals surface area contributed by atoms with E-state index in [1.807, 2.05) is 6.07 Å². The van der Waals surface area contributed by atoms with Crippen molar-refractivity contribution < 1.29 is 14.3 Å². The fourth-order valence-electron chi connectivity index (χ4n) is 1.54. The van der Waals surface area contributed by atoms with Gasteiger partial charge in [-0.2, -0.15) is 5.10 Å². The number of nitrogens with one attached hydrogen (secondary N) is 1. The van der Waals surface area contributed by atoms with Crippen molar-refractivity contribution in [1.29, 1.82) is 0 Å². The molecule has 0 saturated carbocycles. The Morgan fingerprint density at radius 3 is 2.38 bits per heavy atom. The molecule has 0 aliphatic rings. The van der Waals surface area contributed by atoms with Crippen LogP contribution >= 0.6 is 0 Å². The molecule has 21 heavy (non-hydrogen) atoms. The largest absolute Gasteiger partial charge is 0.481 e. The number of aryl methyl sites for hydroxylation is 1. The molecule has 1 aromatic rings. The van der Waals surface area contributed by atoms with Gasteiger partial charge in [0.15, 0.2) is 0 Å². The molecule has 0 fully saturated rings. The van der Waals surface area contributed by atoms with Gasteiger partial charge >= 0.3 is 5.97 Å². The van der Waals surface area contributed by atoms with E-state index in [2.05, 4.69) is 41.7 Å². The highest BCUT2D eigenvalue weighted by Gasteiger charge is 2.19. The van der Waals surface area contributed by atoms with Gasteiger partial charge in [0.1, 0.15) is 5.84 Å². The Bertz CT molecular complexity index is 426. The topological polar surface area (TPSA) is 114 Å². The lowest BCUT2D eigenvalue weighted by Gasteiger charge is -2.10. The van der Waals surface area contributed by atoms with Crippen LogP contribution in [0.25, 0.3) is 0 Å². The smallest absolute Gasteiger partial charge is 0.307 e. The highest BCUT2D eigenvalue weighted by Crippen LogP contribution is 2.09. The number of hydrazone groups is 1. The van der Waals surface area contributed by atoms with Crippen molar-refractivity contribution in [3.8, 4) is 0 Å². The van der Waals surface area contributed by atoms with Crippen molar-refractivity contribution >= 4 is 11.8 Å². The number of nitrogens with two attached hydrogens (primary N) is 2. The molecule has 1 unspecified atom stereocenters. The van der Waals surface area contributed by atoms with Gasteiger partial charge in [0.25, 0.3) is 0 Å². The van der Waals surface area contributed by atoms with E-state index < -0.39 is 18.6 Å². The molecule has 1 rings (SSSR count). The lowest BCUT2D eigenvalue weighted by molar-refractivity contribution is -0.141. The van der Waals surface area contributed by atoms with Crippen LogP contribution in [0.3, 0.4) is 0 Å². The standard InChI is InChI=1S/C8H10.C6H13FN4O2/c1-2-8-6-4-3-5-7-8;7-2-1-4(6(12)13)3-5(10-8)11-9/h3-7H,2H2,1H3;4H,1-3,8-9H2,(H,10,11)(H,12,13). The van der Waals surface area contributed by atoms with Crippen molar-refractivity contribution in [3.63, 3.8) is 0 Å². The van der Waals surface area contributed by atoms with E-state index in [0.717, 1.165) is 6.42 Å². The van der Waals surface area contributed by atoms with Gasteiger partial charge in [0, 0.05) is 6.42 Å². The van der Waals surface area contributed by atoms with Crippen LogP contribution in [0.4, 0.5) is 4.39 Å². The number of halogens is 1. The minimum Gasteiger partial charge on any atom is -0.481 e. The molecule has 7 heteroatoms. The Hall–Kier alpha value is -2.15. The van der Waals surface area contributed by atoms with Crippen molar-refractivity contribution in [2.75, 3.05) is 6.67 Å². The zero-order chi connectivity index (χ0) is 16.1. The van der Waals surface area contributed by atoms with Gasteiger partial charge in [-0.1, -0.05) is 37.3 Å². The van der Waals surface area contributed by atoms with Crippen LogP contribution in [0.5, 0.6) is 0 Å². The molecule has 0 aliphatic carbocycles. The molecule has 6 nitrogen and oxygen atoms in total. The lowest BCUT2D eigenvalue weighted by atomic mass is 10.0. The number of aliphatic carboxylic acids is 1. The second-order valence-electron chi connectivity index (χ2n) is 4.28. The van der Waals surface area contributed by atoms with Gasteiger partial charge in [0.05, 0.1) is 12.6 Å². The fraction of sp³-hybridized carbons (Fsp3) is 0.429. The molecule has 0 aliphatic heterocycles. The van der Waals surface area contributed by atoms with Gasteiger partial charge in [0.2, 0.25) is 0 Å². The van der Waals surface area contributed by atoms with Crippen LogP contribution < -0.4 is 17.1 Å². The summed E-state index contributed by atoms with van der Waals surface area (Å²) in [5.74, 6) is 8.07. The van der Waals surface area contributed by atoms with Gasteiger partial charge in [-0.25, -0.2) is 5.84 Å². The maximum absolute atomic E-state index is 11.9. The number of carboxylic acids is 1. The molecule has 6 N–H and O–H groups in total. The van der Waals surface area contributed by atoms with Crippen molar-refractivity contribution in [3.05, 3.63) is 35.9 Å². The molecule has 1 atom stereocenters. The molecule has 0 saturated heterocycles. The summed E-state index contributed by atoms with van der Waals surface area (Å²) in [6, 6.07) is 10.5. The van der Waals surface area contributed by atoms with E-state index in [4.69, 9.17) is 16.8 Å². The molecular weight excluding hydrogens is 275 g/mol. The molecule has 0 spiro atoms. The van der Waals surface area contributed by atoms with E-state index >= 15 is 0 Å². The third-order valence-electron chi connectivity index (χ3n) is 2.82. The first-order valence-electron chi connectivity index (χ1n) is 6.65. The number of benzene rings is 1. The Morgan fingerprint density at radius 2 is 2.05 bits per heavy atom. The summed E-state index contributed by atoms with van der Waals surface area (Å²) in [7, 11) is 0. The number of carboxylic acid groups (broad SMARTS) is 1. The summed E-state index contributed by atoms with van der Waals surface area (Å²) in [5.41, 5.74) is 3.54. The lowest BCUT2D eigenvalue weighted by Crippen LogP contribution is -2.34. The Morgan fingerprint density at radius 1 is 1.43 bits per heavy atom. The number of alkyl halides is 1. The summed E-state index contributed by atoms with van der Waals surface area (Å²) in [5, 5.41) is 11.8. The second-order valence-corrected chi connectivity index (χ2v) is 4.28. The third-order valence-corrected chi connectivity index (χ3v) is 2.82. The predicted molar refractivity (Wildman–Crippen MR) is 81.1 cm³/mol. The molecule has 0 amide bonds. The van der Waals surface area contributed by atoms with E-state index in [1.165, 1.54) is 5.56 Å². The summed E-state index contributed by atoms with van der Waals surface area (Å²) >= 11 is 0. The quantitative estimate of drug-likeness (QED) is 0.274. The van der Waals surface area contributed by atoms with Crippen LogP contribution in [-0.2, 0) is 11.2 Å². The van der Waals surface area contributed by atoms with Gasteiger partial charge < -0.3 is 16.4 Å². The Balaban J connectivity index is 0.000000423. The number of amidine groups is 1. The van der Waals surface area contributed by atoms with Gasteiger partial charge in [-0.05, 0) is 18.4 Å². The number of hydrogen-bond donors (Lipinski definition) is 4. The molecular formula is C14H23FN4O2. The molecule has 1 aromatic carbocycles. The number of hydrazine groups is 1. The molecule has 118 valence electrons. The van der Waals surface area contributed by atoms with E-state index in [-0.39, 0.29) is 18.7 Å². The minimum atomic E-state index is -1.09. The molecule has 0 aromatic heterocycles. The number of rotatable bonds is 6. The summed E-state index contributed by atoms with van der Waals surface area (Å²) < 4.78 is 11.9. The highest BCUT2D eigenvalue weighted by atomic mass is 19.1. The van der Waals surface area contributed by atoms with E-state index in [1.54, 1.807) is 0 Å². The first-order valence-corrected chi connectivity index (χ1v) is 6.65. The number of carbonyl (C=O) groups is 1. The van der Waals surface area contributed by atoms with E-state index in [0.29, 0.717) is 0 Å². The zero-order valence-electron chi connectivity index (χ0n) is 12.1. The van der Waals surface area contributed by atoms with Crippen LogP contribution in [0.1, 0.15) is 25.3 Å². The fourth-order valence-corrected chi connectivity index (χ4v) is 1.54. The minimum absolute atomic E-state index is 0.00620. The maximum atomic E-state index is 11.9. The van der Waals surface area contributed by atoms with Crippen LogP contribution in [0.15, 0.2) is 35.4 Å². The summed E-state index contributed by atoms with van der Waals surface area (Å²) in [4.78, 5) is 10.5. The van der Waals surface area contributed by atoms with E-state index in [9.17, 15) is 9.18 Å². The highest BCUT2D eigenvalue weighted by molar-refractivity contribution is 5.85. The summed E-state index contributed by atoms with van der Waals surface area (Å²) in [6.07, 6.45) is 1.07. The normalized spacial score (nSPS) is 12.0. The Kier molecular flexibility index (Phi) is 10.5. The molecule has 0 bridgehead atoms. The average molecular weight is 298 g/mol. The summed E-state index contributed by atoms with van der Waals surface area (Å²) in [6.45, 7) is 1.47. The molecule has 0 radical (unpaired) electrons. The SMILES string of the molecule is CCc1ccccc1.N/N=C(/CC(CCF)C(=O)O)NN. The van der Waals surface area contributed by atoms with Crippen molar-refractivity contribution in [1.82, 2.24) is 5.43 Å². The van der Waals surface area contributed by atoms with Crippen LogP contribution in [0.2, 0.25) is 0 Å². The van der Waals surface area contributed by atoms with Crippen LogP contribution in [0, 0.1) is 5.92 Å². The van der Waals surface area contributed by atoms with Crippen LogP contribution in [-0.4, -0.2) is 23.6 Å². The first kappa shape index (κ1) is 18.9. The van der Waals surface area contributed by atoms with Gasteiger partial charge in [-0.15, -0.1) is 0 Å². The first-order chi connectivity index (χ1) is 10.1. The predicted octanol–water partition coefficient (Wildman–Crippen LogP) is 1.42. The average Bonchev–Trinajstić information content (AvgIpc) is 2.52. The van der Waals surface area contributed by atoms with Crippen molar-refractivity contribution in [2.45, 2.75) is 26.2 Å². The van der Waals surface area contributed by atoms with Crippen molar-refractivity contribution in [2.24, 2.45) is 22.7 Å². The zero-order valence-corrected chi connectivity index (χ0v) is 12.1. The monoisotopic (exact) mass is 298 g/mol. The maximum Gasteiger partial charge on any atom is 0.307 e.